The Hall–Kier alpha value is -1.98. The first-order chi connectivity index (χ1) is 10.5. The Morgan fingerprint density at radius 1 is 1.00 bits per heavy atom. The van der Waals surface area contributed by atoms with Crippen LogP contribution in [0.15, 0.2) is 53.0 Å². The number of rotatable bonds is 2. The van der Waals surface area contributed by atoms with Gasteiger partial charge in [-0.3, -0.25) is 0 Å². The maximum Gasteiger partial charge on any atom is 0.197 e. The number of H-pyrrole nitrogens is 1. The number of hydrogen-bond donors (Lipinski definition) is 2. The Labute approximate surface area is 142 Å². The molecule has 3 rings (SSSR count). The minimum Gasteiger partial charge on any atom is -0.395 e. The second-order valence-electron chi connectivity index (χ2n) is 5.05. The van der Waals surface area contributed by atoms with Crippen LogP contribution < -0.4 is 5.73 Å². The molecule has 110 valence electrons. The van der Waals surface area contributed by atoms with E-state index in [1.54, 1.807) is 0 Å². The van der Waals surface area contributed by atoms with Crippen LogP contribution in [0.3, 0.4) is 0 Å². The third kappa shape index (κ3) is 2.96. The highest BCUT2D eigenvalue weighted by Crippen LogP contribution is 2.32. The van der Waals surface area contributed by atoms with E-state index in [2.05, 4.69) is 32.8 Å². The Morgan fingerprint density at radius 2 is 1.59 bits per heavy atom. The fourth-order valence-corrected chi connectivity index (χ4v) is 2.72. The molecule has 2 aromatic carbocycles. The number of nitrogens with two attached hydrogens (primary N) is 1. The summed E-state index contributed by atoms with van der Waals surface area (Å²) in [5.74, 6) is 0. The Balaban J connectivity index is 2.19. The fourth-order valence-electron chi connectivity index (χ4n) is 2.26. The summed E-state index contributed by atoms with van der Waals surface area (Å²) < 4.78 is 1.43. The maximum atomic E-state index is 6.34. The molecule has 0 aliphatic rings. The number of nitrogens with one attached hydrogen (secondary N) is 1. The lowest BCUT2D eigenvalue weighted by Gasteiger charge is -2.11. The molecule has 5 heteroatoms. The predicted octanol–water partition coefficient (Wildman–Crippen LogP) is 5.13. The maximum absolute atomic E-state index is 6.34. The number of nitrogen functional groups attached to an aromatic ring is 1. The molecule has 0 unspecified atom stereocenters. The second kappa shape index (κ2) is 6.02. The van der Waals surface area contributed by atoms with Crippen molar-refractivity contribution in [1.29, 1.82) is 0 Å². The van der Waals surface area contributed by atoms with E-state index in [9.17, 15) is 0 Å². The van der Waals surface area contributed by atoms with E-state index in [4.69, 9.17) is 18.0 Å². The first-order valence-electron chi connectivity index (χ1n) is 6.77. The van der Waals surface area contributed by atoms with Crippen molar-refractivity contribution in [3.8, 4) is 22.5 Å². The molecule has 0 bridgehead atoms. The van der Waals surface area contributed by atoms with Gasteiger partial charge in [0.1, 0.15) is 0 Å². The first-order valence-corrected chi connectivity index (χ1v) is 7.97. The third-order valence-electron chi connectivity index (χ3n) is 3.43. The highest BCUT2D eigenvalue weighted by Gasteiger charge is 2.12. The van der Waals surface area contributed by atoms with Gasteiger partial charge in [0.05, 0.1) is 17.1 Å². The number of aromatic amines is 1. The largest absolute Gasteiger partial charge is 0.395 e. The van der Waals surface area contributed by atoms with Gasteiger partial charge in [-0.1, -0.05) is 57.9 Å². The van der Waals surface area contributed by atoms with Gasteiger partial charge in [-0.2, -0.15) is 0 Å². The van der Waals surface area contributed by atoms with Crippen LogP contribution in [0.25, 0.3) is 22.5 Å². The number of benzene rings is 2. The molecule has 0 fully saturated rings. The normalized spacial score (nSPS) is 10.6. The molecule has 0 saturated carbocycles. The average Bonchev–Trinajstić information content (AvgIpc) is 2.51. The monoisotopic (exact) mass is 371 g/mol. The smallest absolute Gasteiger partial charge is 0.197 e. The summed E-state index contributed by atoms with van der Waals surface area (Å²) in [6, 6.07) is 16.0. The number of aromatic nitrogens is 2. The number of hydrogen-bond acceptors (Lipinski definition) is 3. The highest BCUT2D eigenvalue weighted by atomic mass is 79.9. The molecule has 3 N–H and O–H groups in total. The van der Waals surface area contributed by atoms with Crippen LogP contribution in [-0.2, 0) is 0 Å². The van der Waals surface area contributed by atoms with Crippen molar-refractivity contribution in [3.63, 3.8) is 0 Å². The zero-order valence-electron chi connectivity index (χ0n) is 11.9. The quantitative estimate of drug-likeness (QED) is 0.614. The predicted molar refractivity (Wildman–Crippen MR) is 97.1 cm³/mol. The van der Waals surface area contributed by atoms with E-state index in [0.717, 1.165) is 21.3 Å². The molecule has 0 aliphatic carbocycles. The molecule has 1 heterocycles. The molecular weight excluding hydrogens is 358 g/mol. The lowest BCUT2D eigenvalue weighted by Crippen LogP contribution is -2.00. The molecule has 0 saturated heterocycles. The summed E-state index contributed by atoms with van der Waals surface area (Å²) in [4.78, 5) is 7.50. The van der Waals surface area contributed by atoms with E-state index in [1.807, 2.05) is 48.5 Å². The van der Waals surface area contributed by atoms with Crippen LogP contribution in [-0.4, -0.2) is 9.97 Å². The van der Waals surface area contributed by atoms with Crippen molar-refractivity contribution in [2.75, 3.05) is 5.73 Å². The summed E-state index contributed by atoms with van der Waals surface area (Å²) in [5, 5.41) is 0. The van der Waals surface area contributed by atoms with Gasteiger partial charge in [0, 0.05) is 15.6 Å². The average molecular weight is 372 g/mol. The summed E-state index contributed by atoms with van der Waals surface area (Å²) in [5.41, 5.74) is 11.6. The first kappa shape index (κ1) is 14.9. The zero-order valence-corrected chi connectivity index (χ0v) is 14.3. The lowest BCUT2D eigenvalue weighted by atomic mass is 10.0. The summed E-state index contributed by atoms with van der Waals surface area (Å²) in [7, 11) is 0. The SMILES string of the molecule is Cc1ccc(-c2[nH]c(=S)nc(-c3ccc(Br)cc3)c2N)cc1. The van der Waals surface area contributed by atoms with Crippen LogP contribution in [0.1, 0.15) is 5.56 Å². The van der Waals surface area contributed by atoms with E-state index >= 15 is 0 Å². The number of anilines is 1. The summed E-state index contributed by atoms with van der Waals surface area (Å²) in [6.45, 7) is 2.05. The van der Waals surface area contributed by atoms with E-state index in [-0.39, 0.29) is 0 Å². The summed E-state index contributed by atoms with van der Waals surface area (Å²) in [6.07, 6.45) is 0. The van der Waals surface area contributed by atoms with Crippen molar-refractivity contribution in [2.45, 2.75) is 6.92 Å². The highest BCUT2D eigenvalue weighted by molar-refractivity contribution is 9.10. The van der Waals surface area contributed by atoms with Crippen LogP contribution in [0, 0.1) is 11.7 Å². The number of halogens is 1. The van der Waals surface area contributed by atoms with Gasteiger partial charge in [-0.15, -0.1) is 0 Å². The van der Waals surface area contributed by atoms with Crippen molar-refractivity contribution in [1.82, 2.24) is 9.97 Å². The van der Waals surface area contributed by atoms with Crippen LogP contribution in [0.2, 0.25) is 0 Å². The standard InChI is InChI=1S/C17H14BrN3S/c1-10-2-4-11(5-3-10)15-14(19)16(21-17(22)20-15)12-6-8-13(18)9-7-12/h2-9H,19H2,1H3,(H,20,21,22). The van der Waals surface area contributed by atoms with Crippen molar-refractivity contribution >= 4 is 33.8 Å². The molecule has 0 aliphatic heterocycles. The molecule has 22 heavy (non-hydrogen) atoms. The fraction of sp³-hybridized carbons (Fsp3) is 0.0588. The molecule has 0 spiro atoms. The topological polar surface area (TPSA) is 54.7 Å². The molecular formula is C17H14BrN3S. The van der Waals surface area contributed by atoms with Crippen molar-refractivity contribution < 1.29 is 0 Å². The van der Waals surface area contributed by atoms with E-state index in [0.29, 0.717) is 16.2 Å². The minimum atomic E-state index is 0.419. The van der Waals surface area contributed by atoms with E-state index in [1.165, 1.54) is 5.56 Å². The van der Waals surface area contributed by atoms with Gasteiger partial charge < -0.3 is 10.7 Å². The molecule has 1 aromatic heterocycles. The molecule has 0 atom stereocenters. The van der Waals surface area contributed by atoms with Crippen LogP contribution >= 0.6 is 28.1 Å². The Bertz CT molecular complexity index is 798. The van der Waals surface area contributed by atoms with Crippen LogP contribution in [0.4, 0.5) is 5.69 Å². The molecule has 0 amide bonds. The molecule has 0 radical (unpaired) electrons. The van der Waals surface area contributed by atoms with Gasteiger partial charge in [0.15, 0.2) is 4.77 Å². The van der Waals surface area contributed by atoms with Gasteiger partial charge in [0.25, 0.3) is 0 Å². The zero-order chi connectivity index (χ0) is 15.7. The van der Waals surface area contributed by atoms with E-state index < -0.39 is 0 Å². The number of aryl methyl sites for hydroxylation is 1. The van der Waals surface area contributed by atoms with Crippen molar-refractivity contribution in [3.05, 3.63) is 63.3 Å². The lowest BCUT2D eigenvalue weighted by molar-refractivity contribution is 1.15. The summed E-state index contributed by atoms with van der Waals surface area (Å²) >= 11 is 8.70. The second-order valence-corrected chi connectivity index (χ2v) is 6.35. The molecule has 3 nitrogen and oxygen atoms in total. The van der Waals surface area contributed by atoms with Gasteiger partial charge in [-0.25, -0.2) is 4.98 Å². The van der Waals surface area contributed by atoms with Gasteiger partial charge >= 0.3 is 0 Å². The van der Waals surface area contributed by atoms with Crippen LogP contribution in [0.5, 0.6) is 0 Å². The van der Waals surface area contributed by atoms with Gasteiger partial charge in [-0.05, 0) is 31.3 Å². The Morgan fingerprint density at radius 3 is 2.23 bits per heavy atom. The molecule has 3 aromatic rings. The number of nitrogens with zero attached hydrogens (tertiary/aromatic N) is 1. The minimum absolute atomic E-state index is 0.419. The Kier molecular flexibility index (Phi) is 4.09. The van der Waals surface area contributed by atoms with Crippen molar-refractivity contribution in [2.24, 2.45) is 0 Å². The third-order valence-corrected chi connectivity index (χ3v) is 4.15. The van der Waals surface area contributed by atoms with Gasteiger partial charge in [0.2, 0.25) is 0 Å².